The topological polar surface area (TPSA) is 65.8 Å². The van der Waals surface area contributed by atoms with E-state index >= 15 is 0 Å². The highest BCUT2D eigenvalue weighted by molar-refractivity contribution is 7.16. The number of hydrogen-bond donors (Lipinski definition) is 1. The molecule has 0 aliphatic heterocycles. The molecule has 2 heterocycles. The largest absolute Gasteiger partial charge is 0.312 e. The van der Waals surface area contributed by atoms with E-state index in [1.807, 2.05) is 61.5 Å². The third kappa shape index (κ3) is 4.47. The molecule has 4 aromatic rings. The maximum Gasteiger partial charge on any atom is 0.257 e. The molecule has 1 aliphatic rings. The number of anilines is 1. The summed E-state index contributed by atoms with van der Waals surface area (Å²) in [7, 11) is 0. The second-order valence-electron chi connectivity index (χ2n) is 10.5. The number of amides is 1. The predicted octanol–water partition coefficient (Wildman–Crippen LogP) is 7.55. The number of rotatable bonds is 3. The van der Waals surface area contributed by atoms with E-state index in [1.165, 1.54) is 4.88 Å². The van der Waals surface area contributed by atoms with Gasteiger partial charge in [0, 0.05) is 15.8 Å². The molecule has 0 saturated heterocycles. The Morgan fingerprint density at radius 1 is 1.14 bits per heavy atom. The van der Waals surface area contributed by atoms with Gasteiger partial charge in [-0.3, -0.25) is 4.79 Å². The molecule has 5 heteroatoms. The van der Waals surface area contributed by atoms with Gasteiger partial charge in [0.1, 0.15) is 11.1 Å². The molecule has 0 bridgehead atoms. The SMILES string of the molecule is Cc1ccc2nc(-c3ccccc3)cc(C(=O)Nc3sc4c(c3C#N)CC[C@H](C(C)(C)C)C4)c2c1. The van der Waals surface area contributed by atoms with Gasteiger partial charge in [0.15, 0.2) is 0 Å². The summed E-state index contributed by atoms with van der Waals surface area (Å²) in [6.45, 7) is 8.86. The number of nitriles is 1. The zero-order valence-electron chi connectivity index (χ0n) is 20.6. The van der Waals surface area contributed by atoms with Crippen molar-refractivity contribution in [3.63, 3.8) is 0 Å². The number of hydrogen-bond acceptors (Lipinski definition) is 4. The number of thiophene rings is 1. The molecule has 5 rings (SSSR count). The zero-order valence-corrected chi connectivity index (χ0v) is 21.4. The van der Waals surface area contributed by atoms with Crippen LogP contribution in [0.2, 0.25) is 0 Å². The molecular weight excluding hydrogens is 450 g/mol. The van der Waals surface area contributed by atoms with Gasteiger partial charge < -0.3 is 5.32 Å². The minimum absolute atomic E-state index is 0.206. The standard InChI is InChI=1S/C30H29N3OS/c1-18-10-13-25-22(14-18)23(16-26(32-25)19-8-6-5-7-9-19)28(34)33-29-24(17-31)21-12-11-20(30(2,3)4)15-27(21)35-29/h5-10,13-14,16,20H,11-12,15H2,1-4H3,(H,33,34)/t20-/m0/s1. The van der Waals surface area contributed by atoms with E-state index in [0.717, 1.165) is 52.5 Å². The first kappa shape index (κ1) is 23.3. The highest BCUT2D eigenvalue weighted by Crippen LogP contribution is 2.44. The van der Waals surface area contributed by atoms with E-state index in [0.29, 0.717) is 22.0 Å². The second-order valence-corrected chi connectivity index (χ2v) is 11.6. The Bertz CT molecular complexity index is 1470. The van der Waals surface area contributed by atoms with Crippen molar-refractivity contribution in [2.45, 2.75) is 47.0 Å². The molecule has 1 aliphatic carbocycles. The van der Waals surface area contributed by atoms with Gasteiger partial charge in [0.05, 0.1) is 22.3 Å². The lowest BCUT2D eigenvalue weighted by atomic mass is 9.72. The first-order valence-corrected chi connectivity index (χ1v) is 12.9. The Labute approximate surface area is 210 Å². The molecular formula is C30H29N3OS. The quantitative estimate of drug-likeness (QED) is 0.330. The van der Waals surface area contributed by atoms with Crippen LogP contribution in [0.25, 0.3) is 22.2 Å². The molecule has 0 saturated carbocycles. The molecule has 0 fully saturated rings. The average Bonchev–Trinajstić information content (AvgIpc) is 3.19. The van der Waals surface area contributed by atoms with Crippen LogP contribution in [0.15, 0.2) is 54.6 Å². The minimum Gasteiger partial charge on any atom is -0.312 e. The number of aryl methyl sites for hydroxylation is 1. The lowest BCUT2D eigenvalue weighted by molar-refractivity contribution is 0.102. The highest BCUT2D eigenvalue weighted by atomic mass is 32.1. The fraction of sp³-hybridized carbons (Fsp3) is 0.300. The highest BCUT2D eigenvalue weighted by Gasteiger charge is 2.32. The third-order valence-electron chi connectivity index (χ3n) is 7.11. The van der Waals surface area contributed by atoms with E-state index in [2.05, 4.69) is 32.2 Å². The van der Waals surface area contributed by atoms with Gasteiger partial charge in [-0.15, -0.1) is 11.3 Å². The number of benzene rings is 2. The molecule has 1 amide bonds. The first-order chi connectivity index (χ1) is 16.7. The van der Waals surface area contributed by atoms with E-state index in [9.17, 15) is 10.1 Å². The van der Waals surface area contributed by atoms with E-state index in [4.69, 9.17) is 4.98 Å². The lowest BCUT2D eigenvalue weighted by Crippen LogP contribution is -2.26. The number of nitrogens with one attached hydrogen (secondary N) is 1. The number of carbonyl (C=O) groups excluding carboxylic acids is 1. The summed E-state index contributed by atoms with van der Waals surface area (Å²) in [6.07, 6.45) is 2.93. The molecule has 4 nitrogen and oxygen atoms in total. The van der Waals surface area contributed by atoms with Gasteiger partial charge in [0.25, 0.3) is 5.91 Å². The van der Waals surface area contributed by atoms with Crippen molar-refractivity contribution in [3.05, 3.63) is 81.7 Å². The smallest absolute Gasteiger partial charge is 0.257 e. The molecule has 2 aromatic heterocycles. The van der Waals surface area contributed by atoms with E-state index in [1.54, 1.807) is 11.3 Å². The van der Waals surface area contributed by atoms with Crippen LogP contribution in [0, 0.1) is 29.6 Å². The van der Waals surface area contributed by atoms with Crippen molar-refractivity contribution in [1.29, 1.82) is 5.26 Å². The van der Waals surface area contributed by atoms with Crippen molar-refractivity contribution < 1.29 is 4.79 Å². The van der Waals surface area contributed by atoms with Crippen molar-refractivity contribution in [2.75, 3.05) is 5.32 Å². The fourth-order valence-electron chi connectivity index (χ4n) is 4.99. The lowest BCUT2D eigenvalue weighted by Gasteiger charge is -2.33. The van der Waals surface area contributed by atoms with Crippen molar-refractivity contribution in [2.24, 2.45) is 11.3 Å². The Hall–Kier alpha value is -3.49. The molecule has 0 radical (unpaired) electrons. The Morgan fingerprint density at radius 2 is 1.91 bits per heavy atom. The van der Waals surface area contributed by atoms with Gasteiger partial charge in [-0.2, -0.15) is 5.26 Å². The number of pyridine rings is 1. The summed E-state index contributed by atoms with van der Waals surface area (Å²) in [5.41, 5.74) is 6.10. The number of aromatic nitrogens is 1. The average molecular weight is 480 g/mol. The summed E-state index contributed by atoms with van der Waals surface area (Å²) < 4.78 is 0. The third-order valence-corrected chi connectivity index (χ3v) is 8.28. The number of fused-ring (bicyclic) bond motifs is 2. The van der Waals surface area contributed by atoms with Gasteiger partial charge in [-0.1, -0.05) is 62.7 Å². The summed E-state index contributed by atoms with van der Waals surface area (Å²) in [6, 6.07) is 20.1. The van der Waals surface area contributed by atoms with Gasteiger partial charge in [-0.05, 0) is 61.3 Å². The monoisotopic (exact) mass is 479 g/mol. The Morgan fingerprint density at radius 3 is 2.63 bits per heavy atom. The molecule has 1 atom stereocenters. The van der Waals surface area contributed by atoms with Crippen LogP contribution in [-0.4, -0.2) is 10.9 Å². The van der Waals surface area contributed by atoms with Gasteiger partial charge in [0.2, 0.25) is 0 Å². The molecule has 35 heavy (non-hydrogen) atoms. The summed E-state index contributed by atoms with van der Waals surface area (Å²) in [4.78, 5) is 19.8. The van der Waals surface area contributed by atoms with Crippen LogP contribution in [0.3, 0.4) is 0 Å². The molecule has 0 unspecified atom stereocenters. The van der Waals surface area contributed by atoms with Crippen molar-refractivity contribution in [3.8, 4) is 17.3 Å². The van der Waals surface area contributed by atoms with Crippen LogP contribution in [0.5, 0.6) is 0 Å². The predicted molar refractivity (Wildman–Crippen MR) is 144 cm³/mol. The Kier molecular flexibility index (Phi) is 5.94. The number of nitrogens with zero attached hydrogens (tertiary/aromatic N) is 2. The maximum atomic E-state index is 13.7. The molecule has 2 aromatic carbocycles. The van der Waals surface area contributed by atoms with Crippen LogP contribution in [0.4, 0.5) is 5.00 Å². The zero-order chi connectivity index (χ0) is 24.7. The van der Waals surface area contributed by atoms with Crippen LogP contribution in [0.1, 0.15) is 59.1 Å². The number of carbonyl (C=O) groups is 1. The van der Waals surface area contributed by atoms with Crippen LogP contribution < -0.4 is 5.32 Å². The van der Waals surface area contributed by atoms with Gasteiger partial charge >= 0.3 is 0 Å². The first-order valence-electron chi connectivity index (χ1n) is 12.1. The Balaban J connectivity index is 1.55. The maximum absolute atomic E-state index is 13.7. The fourth-order valence-corrected chi connectivity index (χ4v) is 6.26. The molecule has 176 valence electrons. The minimum atomic E-state index is -0.206. The normalized spacial score (nSPS) is 15.5. The molecule has 0 spiro atoms. The van der Waals surface area contributed by atoms with E-state index in [-0.39, 0.29) is 11.3 Å². The van der Waals surface area contributed by atoms with Crippen molar-refractivity contribution >= 4 is 33.1 Å². The van der Waals surface area contributed by atoms with E-state index < -0.39 is 0 Å². The summed E-state index contributed by atoms with van der Waals surface area (Å²) >= 11 is 1.57. The van der Waals surface area contributed by atoms with Gasteiger partial charge in [-0.25, -0.2) is 4.98 Å². The van der Waals surface area contributed by atoms with Crippen LogP contribution >= 0.6 is 11.3 Å². The van der Waals surface area contributed by atoms with Crippen LogP contribution in [-0.2, 0) is 12.8 Å². The van der Waals surface area contributed by atoms with Crippen molar-refractivity contribution in [1.82, 2.24) is 4.98 Å². The summed E-state index contributed by atoms with van der Waals surface area (Å²) in [5, 5.41) is 14.6. The summed E-state index contributed by atoms with van der Waals surface area (Å²) in [5.74, 6) is 0.368. The second kappa shape index (κ2) is 8.94. The molecule has 1 N–H and O–H groups in total.